The van der Waals surface area contributed by atoms with Crippen LogP contribution in [0.1, 0.15) is 41.0 Å². The Hall–Kier alpha value is -0.850. The van der Waals surface area contributed by atoms with Gasteiger partial charge in [-0.1, -0.05) is 32.9 Å². The van der Waals surface area contributed by atoms with Gasteiger partial charge in [-0.3, -0.25) is 4.99 Å². The highest BCUT2D eigenvalue weighted by Gasteiger charge is 2.15. The lowest BCUT2D eigenvalue weighted by atomic mass is 9.91. The van der Waals surface area contributed by atoms with E-state index in [1.165, 1.54) is 17.0 Å². The zero-order chi connectivity index (χ0) is 10.1. The molecule has 0 spiro atoms. The van der Waals surface area contributed by atoms with E-state index in [2.05, 4.69) is 51.8 Å². The second-order valence-corrected chi connectivity index (χ2v) is 4.68. The van der Waals surface area contributed by atoms with Gasteiger partial charge in [0.25, 0.3) is 0 Å². The Kier molecular flexibility index (Phi) is 2.74. The summed E-state index contributed by atoms with van der Waals surface area (Å²) in [7, 11) is 0. The fourth-order valence-corrected chi connectivity index (χ4v) is 1.11. The molecule has 0 atom stereocenters. The normalized spacial score (nSPS) is 18.7. The minimum atomic E-state index is 0.190. The number of aliphatic imine (C=N–C) groups is 1. The summed E-state index contributed by atoms with van der Waals surface area (Å²) in [5, 5.41) is 0. The van der Waals surface area contributed by atoms with Gasteiger partial charge in [0.1, 0.15) is 0 Å². The minimum absolute atomic E-state index is 0.190. The number of hydrogen-bond acceptors (Lipinski definition) is 1. The van der Waals surface area contributed by atoms with Crippen LogP contribution in [0, 0.1) is 5.41 Å². The summed E-state index contributed by atoms with van der Waals surface area (Å²) in [5.74, 6) is 0. The Morgan fingerprint density at radius 2 is 2.00 bits per heavy atom. The van der Waals surface area contributed by atoms with Crippen LogP contribution in [0.25, 0.3) is 0 Å². The molecule has 0 aromatic carbocycles. The van der Waals surface area contributed by atoms with Crippen molar-refractivity contribution in [3.63, 3.8) is 0 Å². The monoisotopic (exact) mass is 177 g/mol. The fourth-order valence-electron chi connectivity index (χ4n) is 1.11. The van der Waals surface area contributed by atoms with Crippen molar-refractivity contribution in [2.45, 2.75) is 41.0 Å². The van der Waals surface area contributed by atoms with E-state index in [1.807, 2.05) is 0 Å². The molecule has 0 amide bonds. The molecule has 0 fully saturated rings. The van der Waals surface area contributed by atoms with Gasteiger partial charge in [-0.2, -0.15) is 0 Å². The summed E-state index contributed by atoms with van der Waals surface area (Å²) in [6.45, 7) is 10.8. The van der Waals surface area contributed by atoms with E-state index in [9.17, 15) is 0 Å². The Morgan fingerprint density at radius 3 is 2.38 bits per heavy atom. The van der Waals surface area contributed by atoms with Crippen LogP contribution in [0.4, 0.5) is 0 Å². The topological polar surface area (TPSA) is 12.4 Å². The van der Waals surface area contributed by atoms with Gasteiger partial charge in [-0.05, 0) is 24.8 Å². The predicted molar refractivity (Wildman–Crippen MR) is 59.0 cm³/mol. The molecule has 1 aliphatic rings. The second kappa shape index (κ2) is 3.49. The Labute approximate surface area is 81.3 Å². The molecular weight excluding hydrogens is 158 g/mol. The van der Waals surface area contributed by atoms with Crippen molar-refractivity contribution in [2.24, 2.45) is 10.4 Å². The van der Waals surface area contributed by atoms with Gasteiger partial charge in [0, 0.05) is 17.8 Å². The van der Waals surface area contributed by atoms with E-state index in [0.29, 0.717) is 0 Å². The average Bonchev–Trinajstić information content (AvgIpc) is 2.34. The molecule has 0 saturated heterocycles. The first-order valence-corrected chi connectivity index (χ1v) is 4.83. The van der Waals surface area contributed by atoms with Crippen LogP contribution in [0.3, 0.4) is 0 Å². The van der Waals surface area contributed by atoms with Crippen LogP contribution >= 0.6 is 0 Å². The van der Waals surface area contributed by atoms with Crippen LogP contribution < -0.4 is 0 Å². The van der Waals surface area contributed by atoms with E-state index >= 15 is 0 Å². The van der Waals surface area contributed by atoms with Crippen molar-refractivity contribution in [2.75, 3.05) is 0 Å². The second-order valence-electron chi connectivity index (χ2n) is 4.68. The standard InChI is InChI=1S/C12H19N/c1-9-7-6-8-11(9)13-10(2)12(3,4)5/h6-7H,8H2,1-5H3. The third kappa shape index (κ3) is 2.55. The molecule has 0 radical (unpaired) electrons. The zero-order valence-corrected chi connectivity index (χ0v) is 9.31. The highest BCUT2D eigenvalue weighted by Crippen LogP contribution is 2.23. The average molecular weight is 177 g/mol. The van der Waals surface area contributed by atoms with Crippen molar-refractivity contribution < 1.29 is 0 Å². The maximum atomic E-state index is 4.66. The highest BCUT2D eigenvalue weighted by atomic mass is 14.8. The number of hydrogen-bond donors (Lipinski definition) is 0. The Balaban J connectivity index is 2.84. The molecular formula is C12H19N. The Morgan fingerprint density at radius 1 is 1.38 bits per heavy atom. The molecule has 0 aromatic heterocycles. The number of rotatable bonds is 1. The maximum Gasteiger partial charge on any atom is 0.0469 e. The molecule has 13 heavy (non-hydrogen) atoms. The number of nitrogens with zero attached hydrogens (tertiary/aromatic N) is 1. The minimum Gasteiger partial charge on any atom is -0.261 e. The first-order chi connectivity index (χ1) is 5.91. The van der Waals surface area contributed by atoms with Crippen molar-refractivity contribution in [1.82, 2.24) is 0 Å². The summed E-state index contributed by atoms with van der Waals surface area (Å²) in [4.78, 5) is 4.66. The molecule has 1 rings (SSSR count). The third-order valence-electron chi connectivity index (χ3n) is 2.52. The summed E-state index contributed by atoms with van der Waals surface area (Å²) in [5.41, 5.74) is 3.94. The summed E-state index contributed by atoms with van der Waals surface area (Å²) < 4.78 is 0. The third-order valence-corrected chi connectivity index (χ3v) is 2.52. The van der Waals surface area contributed by atoms with Crippen molar-refractivity contribution in [1.29, 1.82) is 0 Å². The maximum absolute atomic E-state index is 4.66. The lowest BCUT2D eigenvalue weighted by molar-refractivity contribution is 0.587. The first-order valence-electron chi connectivity index (χ1n) is 4.83. The van der Waals surface area contributed by atoms with E-state index in [-0.39, 0.29) is 5.41 Å². The molecule has 1 heteroatoms. The smallest absolute Gasteiger partial charge is 0.0469 e. The zero-order valence-electron chi connectivity index (χ0n) is 9.31. The van der Waals surface area contributed by atoms with E-state index in [1.54, 1.807) is 0 Å². The van der Waals surface area contributed by atoms with Crippen LogP contribution in [0.2, 0.25) is 0 Å². The van der Waals surface area contributed by atoms with Gasteiger partial charge in [-0.15, -0.1) is 0 Å². The lowest BCUT2D eigenvalue weighted by Gasteiger charge is -2.18. The van der Waals surface area contributed by atoms with Crippen molar-refractivity contribution >= 4 is 5.71 Å². The molecule has 1 aliphatic carbocycles. The molecule has 0 saturated carbocycles. The van der Waals surface area contributed by atoms with Gasteiger partial charge in [0.05, 0.1) is 0 Å². The molecule has 0 bridgehead atoms. The Bertz CT molecular complexity index is 285. The van der Waals surface area contributed by atoms with Crippen molar-refractivity contribution in [3.05, 3.63) is 23.4 Å². The molecule has 72 valence electrons. The van der Waals surface area contributed by atoms with Crippen LogP contribution in [0.5, 0.6) is 0 Å². The first kappa shape index (κ1) is 10.2. The lowest BCUT2D eigenvalue weighted by Crippen LogP contribution is -2.16. The quantitative estimate of drug-likeness (QED) is 0.541. The highest BCUT2D eigenvalue weighted by molar-refractivity contribution is 5.87. The van der Waals surface area contributed by atoms with E-state index < -0.39 is 0 Å². The van der Waals surface area contributed by atoms with Gasteiger partial charge in [0.2, 0.25) is 0 Å². The van der Waals surface area contributed by atoms with Gasteiger partial charge in [-0.25, -0.2) is 0 Å². The largest absolute Gasteiger partial charge is 0.261 e. The predicted octanol–water partition coefficient (Wildman–Crippen LogP) is 3.73. The van der Waals surface area contributed by atoms with Crippen LogP contribution in [-0.4, -0.2) is 5.71 Å². The van der Waals surface area contributed by atoms with Crippen LogP contribution in [0.15, 0.2) is 28.4 Å². The molecule has 1 nitrogen and oxygen atoms in total. The SMILES string of the molecule is CC(=NC1=C(C)C=CC1)C(C)(C)C. The molecule has 0 N–H and O–H groups in total. The van der Waals surface area contributed by atoms with E-state index in [4.69, 9.17) is 0 Å². The van der Waals surface area contributed by atoms with E-state index in [0.717, 1.165) is 6.42 Å². The van der Waals surface area contributed by atoms with Crippen molar-refractivity contribution in [3.8, 4) is 0 Å². The van der Waals surface area contributed by atoms with Crippen LogP contribution in [-0.2, 0) is 0 Å². The molecule has 0 aliphatic heterocycles. The summed E-state index contributed by atoms with van der Waals surface area (Å²) in [6, 6.07) is 0. The van der Waals surface area contributed by atoms with Gasteiger partial charge >= 0.3 is 0 Å². The molecule has 0 aromatic rings. The molecule has 0 heterocycles. The summed E-state index contributed by atoms with van der Waals surface area (Å²) in [6.07, 6.45) is 5.32. The molecule has 0 unspecified atom stereocenters. The fraction of sp³-hybridized carbons (Fsp3) is 0.583. The number of allylic oxidation sites excluding steroid dienone is 3. The van der Waals surface area contributed by atoms with Gasteiger partial charge in [0.15, 0.2) is 0 Å². The summed E-state index contributed by atoms with van der Waals surface area (Å²) >= 11 is 0. The van der Waals surface area contributed by atoms with Gasteiger partial charge < -0.3 is 0 Å².